The summed E-state index contributed by atoms with van der Waals surface area (Å²) in [6.45, 7) is -2.45. The van der Waals surface area contributed by atoms with Gasteiger partial charge < -0.3 is 9.64 Å². The normalized spacial score (nSPS) is 17.9. The summed E-state index contributed by atoms with van der Waals surface area (Å²) in [6.07, 6.45) is -1.77. The topological polar surface area (TPSA) is 66.9 Å². The number of carbonyl (C=O) groups excluding carboxylic acids is 1. The first kappa shape index (κ1) is 21.4. The molecule has 0 saturated carbocycles. The van der Waals surface area contributed by atoms with Gasteiger partial charge in [0.15, 0.2) is 0 Å². The second kappa shape index (κ2) is 8.35. The maximum atomic E-state index is 14.6. The highest BCUT2D eigenvalue weighted by atomic mass is 32.2. The van der Waals surface area contributed by atoms with Crippen molar-refractivity contribution in [1.29, 1.82) is 0 Å². The average molecular weight is 452 g/mol. The fourth-order valence-corrected chi connectivity index (χ4v) is 5.17. The molecule has 0 fully saturated rings. The summed E-state index contributed by atoms with van der Waals surface area (Å²) in [6, 6.07) is 12.9. The number of hydrogen-bond acceptors (Lipinski definition) is 4. The summed E-state index contributed by atoms with van der Waals surface area (Å²) in [5, 5.41) is 0. The summed E-state index contributed by atoms with van der Waals surface area (Å²) in [5.41, 5.74) is 1.83. The van der Waals surface area contributed by atoms with Crippen molar-refractivity contribution < 1.29 is 31.1 Å². The number of ether oxygens (including phenoxy) is 1. The minimum Gasteiger partial charge on any atom is -0.435 e. The highest BCUT2D eigenvalue weighted by Crippen LogP contribution is 2.32. The molecule has 0 saturated heterocycles. The van der Waals surface area contributed by atoms with Gasteiger partial charge in [-0.3, -0.25) is 4.79 Å². The molecule has 6 nitrogen and oxygen atoms in total. The first-order valence-electron chi connectivity index (χ1n) is 9.48. The van der Waals surface area contributed by atoms with Crippen molar-refractivity contribution in [2.45, 2.75) is 17.7 Å². The summed E-state index contributed by atoms with van der Waals surface area (Å²) in [7, 11) is -3.85. The Kier molecular flexibility index (Phi) is 5.76. The van der Waals surface area contributed by atoms with Crippen LogP contribution >= 0.6 is 0 Å². The molecule has 31 heavy (non-hydrogen) atoms. The molecule has 4 rings (SSSR count). The fourth-order valence-electron chi connectivity index (χ4n) is 3.74. The van der Waals surface area contributed by atoms with E-state index >= 15 is 0 Å². The minimum atomic E-state index is -3.85. The molecule has 1 amide bonds. The van der Waals surface area contributed by atoms with E-state index in [0.29, 0.717) is 0 Å². The molecule has 164 valence electrons. The van der Waals surface area contributed by atoms with Crippen LogP contribution in [-0.2, 0) is 14.8 Å². The molecular formula is C21H19F3N2O4S. The standard InChI is InChI=1S/C21H19F3N2O4S/c22-19(14-4-2-1-3-5-14)20(27)25-10-15-12-26(13-16(15)11-25)31(28,29)18-8-6-17(7-9-18)30-21(23)24/h1-9,19,21H,10-13H2. The SMILES string of the molecule is O=C(C(F)c1ccccc1)N1CC2=C(C1)CN(S(=O)(=O)c1ccc(OC(F)F)cc1)C2. The molecule has 0 spiro atoms. The number of hydrogen-bond donors (Lipinski definition) is 0. The van der Waals surface area contributed by atoms with Crippen molar-refractivity contribution in [3.05, 3.63) is 71.3 Å². The minimum absolute atomic E-state index is 0.0453. The Hall–Kier alpha value is -2.85. The van der Waals surface area contributed by atoms with Crippen LogP contribution in [0.5, 0.6) is 5.75 Å². The van der Waals surface area contributed by atoms with Crippen molar-refractivity contribution in [2.24, 2.45) is 0 Å². The molecule has 2 aromatic carbocycles. The molecule has 1 unspecified atom stereocenters. The average Bonchev–Trinajstić information content (AvgIpc) is 3.33. The molecule has 10 heteroatoms. The second-order valence-electron chi connectivity index (χ2n) is 7.30. The zero-order chi connectivity index (χ0) is 22.2. The van der Waals surface area contributed by atoms with Gasteiger partial charge in [0.05, 0.1) is 4.90 Å². The van der Waals surface area contributed by atoms with Gasteiger partial charge in [-0.2, -0.15) is 13.1 Å². The Morgan fingerprint density at radius 3 is 2.00 bits per heavy atom. The summed E-state index contributed by atoms with van der Waals surface area (Å²) >= 11 is 0. The number of benzene rings is 2. The highest BCUT2D eigenvalue weighted by Gasteiger charge is 2.39. The Labute approximate surface area is 177 Å². The third-order valence-electron chi connectivity index (χ3n) is 5.31. The van der Waals surface area contributed by atoms with E-state index in [1.165, 1.54) is 33.5 Å². The Morgan fingerprint density at radius 2 is 1.45 bits per heavy atom. The van der Waals surface area contributed by atoms with E-state index in [1.807, 2.05) is 0 Å². The largest absolute Gasteiger partial charge is 0.435 e. The molecular weight excluding hydrogens is 433 g/mol. The van der Waals surface area contributed by atoms with Crippen LogP contribution in [0.15, 0.2) is 70.6 Å². The molecule has 2 heterocycles. The first-order valence-corrected chi connectivity index (χ1v) is 10.9. The van der Waals surface area contributed by atoms with Gasteiger partial charge in [0, 0.05) is 26.2 Å². The van der Waals surface area contributed by atoms with Crippen molar-refractivity contribution >= 4 is 15.9 Å². The molecule has 1 atom stereocenters. The summed E-state index contributed by atoms with van der Waals surface area (Å²) in [4.78, 5) is 13.9. The van der Waals surface area contributed by atoms with Gasteiger partial charge in [-0.15, -0.1) is 0 Å². The lowest BCUT2D eigenvalue weighted by molar-refractivity contribution is -0.135. The molecule has 0 N–H and O–H groups in total. The van der Waals surface area contributed by atoms with Gasteiger partial charge in [-0.1, -0.05) is 30.3 Å². The van der Waals surface area contributed by atoms with Crippen LogP contribution in [0.2, 0.25) is 0 Å². The number of carbonyl (C=O) groups is 1. The van der Waals surface area contributed by atoms with Gasteiger partial charge in [0.2, 0.25) is 16.2 Å². The van der Waals surface area contributed by atoms with Crippen molar-refractivity contribution in [3.63, 3.8) is 0 Å². The van der Waals surface area contributed by atoms with Crippen LogP contribution in [-0.4, -0.2) is 56.3 Å². The number of alkyl halides is 3. The number of sulfonamides is 1. The molecule has 2 aliphatic rings. The predicted molar refractivity (Wildman–Crippen MR) is 106 cm³/mol. The van der Waals surface area contributed by atoms with Crippen LogP contribution in [0.3, 0.4) is 0 Å². The molecule has 0 bridgehead atoms. The Bertz CT molecular complexity index is 1090. The highest BCUT2D eigenvalue weighted by molar-refractivity contribution is 7.89. The molecule has 2 aromatic rings. The van der Waals surface area contributed by atoms with Crippen LogP contribution in [0.25, 0.3) is 0 Å². The third-order valence-corrected chi connectivity index (χ3v) is 7.11. The quantitative estimate of drug-likeness (QED) is 0.632. The lowest BCUT2D eigenvalue weighted by Crippen LogP contribution is -2.37. The van der Waals surface area contributed by atoms with E-state index in [4.69, 9.17) is 0 Å². The zero-order valence-corrected chi connectivity index (χ0v) is 17.1. The van der Waals surface area contributed by atoms with E-state index in [0.717, 1.165) is 11.1 Å². The molecule has 0 aliphatic carbocycles. The van der Waals surface area contributed by atoms with Gasteiger partial charge in [0.1, 0.15) is 5.75 Å². The number of rotatable bonds is 6. The van der Waals surface area contributed by atoms with E-state index in [9.17, 15) is 26.4 Å². The zero-order valence-electron chi connectivity index (χ0n) is 16.2. The van der Waals surface area contributed by atoms with E-state index in [1.54, 1.807) is 30.3 Å². The van der Waals surface area contributed by atoms with E-state index in [-0.39, 0.29) is 42.4 Å². The van der Waals surface area contributed by atoms with Crippen molar-refractivity contribution in [3.8, 4) is 5.75 Å². The third kappa shape index (κ3) is 4.31. The second-order valence-corrected chi connectivity index (χ2v) is 9.24. The summed E-state index contributed by atoms with van der Waals surface area (Å²) < 4.78 is 70.4. The lowest BCUT2D eigenvalue weighted by Gasteiger charge is -2.24. The van der Waals surface area contributed by atoms with Crippen LogP contribution in [0.1, 0.15) is 11.7 Å². The van der Waals surface area contributed by atoms with Crippen LogP contribution < -0.4 is 4.74 Å². The van der Waals surface area contributed by atoms with E-state index in [2.05, 4.69) is 4.74 Å². The predicted octanol–water partition coefficient (Wildman–Crippen LogP) is 3.14. The van der Waals surface area contributed by atoms with Gasteiger partial charge in [0.25, 0.3) is 5.91 Å². The van der Waals surface area contributed by atoms with Crippen LogP contribution in [0, 0.1) is 0 Å². The molecule has 2 aliphatic heterocycles. The van der Waals surface area contributed by atoms with Crippen LogP contribution in [0.4, 0.5) is 13.2 Å². The number of halogens is 3. The fraction of sp³-hybridized carbons (Fsp3) is 0.286. The maximum absolute atomic E-state index is 14.6. The van der Waals surface area contributed by atoms with Crippen molar-refractivity contribution in [2.75, 3.05) is 26.2 Å². The Balaban J connectivity index is 1.39. The number of amides is 1. The summed E-state index contributed by atoms with van der Waals surface area (Å²) in [5.74, 6) is -0.783. The Morgan fingerprint density at radius 1 is 0.871 bits per heavy atom. The lowest BCUT2D eigenvalue weighted by atomic mass is 10.1. The maximum Gasteiger partial charge on any atom is 0.387 e. The molecule has 0 aromatic heterocycles. The van der Waals surface area contributed by atoms with Gasteiger partial charge >= 0.3 is 6.61 Å². The smallest absolute Gasteiger partial charge is 0.387 e. The van der Waals surface area contributed by atoms with Gasteiger partial charge in [-0.05, 0) is 41.0 Å². The van der Waals surface area contributed by atoms with Gasteiger partial charge in [-0.25, -0.2) is 12.8 Å². The monoisotopic (exact) mass is 452 g/mol. The first-order chi connectivity index (χ1) is 14.8. The number of nitrogens with zero attached hydrogens (tertiary/aromatic N) is 2. The van der Waals surface area contributed by atoms with E-state index < -0.39 is 28.7 Å². The molecule has 0 radical (unpaired) electrons. The van der Waals surface area contributed by atoms with Crippen molar-refractivity contribution in [1.82, 2.24) is 9.21 Å².